The molecular weight excluding hydrogens is 388 g/mol. The van der Waals surface area contributed by atoms with Crippen molar-refractivity contribution in [3.8, 4) is 11.5 Å². The summed E-state index contributed by atoms with van der Waals surface area (Å²) < 4.78 is 24.2. The highest BCUT2D eigenvalue weighted by Crippen LogP contribution is 2.37. The summed E-state index contributed by atoms with van der Waals surface area (Å²) in [5, 5.41) is 4.40. The lowest BCUT2D eigenvalue weighted by Gasteiger charge is -2.15. The van der Waals surface area contributed by atoms with Gasteiger partial charge in [-0.05, 0) is 53.6 Å². The predicted molar refractivity (Wildman–Crippen MR) is 108 cm³/mol. The molecule has 0 radical (unpaired) electrons. The SMILES string of the molecule is COc1cc(CNc2cccc(Cl)c2)cc(Cl)c1OCc1ccc(F)cc1. The molecule has 140 valence electrons. The first-order chi connectivity index (χ1) is 13.0. The zero-order valence-electron chi connectivity index (χ0n) is 14.6. The Balaban J connectivity index is 1.71. The second-order valence-electron chi connectivity index (χ2n) is 5.89. The van der Waals surface area contributed by atoms with E-state index in [-0.39, 0.29) is 12.4 Å². The van der Waals surface area contributed by atoms with E-state index in [0.717, 1.165) is 16.8 Å². The first kappa shape index (κ1) is 19.3. The second kappa shape index (κ2) is 8.98. The number of hydrogen-bond acceptors (Lipinski definition) is 3. The van der Waals surface area contributed by atoms with Crippen molar-refractivity contribution in [2.75, 3.05) is 12.4 Å². The molecule has 0 saturated heterocycles. The number of benzene rings is 3. The van der Waals surface area contributed by atoms with Gasteiger partial charge >= 0.3 is 0 Å². The molecule has 0 spiro atoms. The third kappa shape index (κ3) is 5.28. The normalized spacial score (nSPS) is 10.5. The van der Waals surface area contributed by atoms with E-state index in [2.05, 4.69) is 5.32 Å². The number of methoxy groups -OCH3 is 1. The smallest absolute Gasteiger partial charge is 0.180 e. The summed E-state index contributed by atoms with van der Waals surface area (Å²) in [7, 11) is 1.56. The maximum absolute atomic E-state index is 13.0. The van der Waals surface area contributed by atoms with E-state index >= 15 is 0 Å². The van der Waals surface area contributed by atoms with Gasteiger partial charge in [0.2, 0.25) is 0 Å². The third-order valence-electron chi connectivity index (χ3n) is 3.91. The molecule has 0 aliphatic rings. The van der Waals surface area contributed by atoms with Crippen molar-refractivity contribution in [1.29, 1.82) is 0 Å². The van der Waals surface area contributed by atoms with Crippen molar-refractivity contribution in [1.82, 2.24) is 0 Å². The Bertz CT molecular complexity index is 917. The van der Waals surface area contributed by atoms with E-state index in [1.54, 1.807) is 19.2 Å². The van der Waals surface area contributed by atoms with Gasteiger partial charge in [0.15, 0.2) is 11.5 Å². The van der Waals surface area contributed by atoms with Crippen molar-refractivity contribution in [3.05, 3.63) is 87.7 Å². The van der Waals surface area contributed by atoms with Gasteiger partial charge in [-0.25, -0.2) is 4.39 Å². The molecule has 0 aliphatic heterocycles. The molecule has 0 bridgehead atoms. The summed E-state index contributed by atoms with van der Waals surface area (Å²) in [6, 6.07) is 17.3. The molecule has 3 rings (SSSR count). The van der Waals surface area contributed by atoms with Crippen LogP contribution in [0.3, 0.4) is 0 Å². The Morgan fingerprint density at radius 1 is 0.963 bits per heavy atom. The van der Waals surface area contributed by atoms with Gasteiger partial charge in [0.25, 0.3) is 0 Å². The minimum absolute atomic E-state index is 0.260. The van der Waals surface area contributed by atoms with Crippen molar-refractivity contribution in [3.63, 3.8) is 0 Å². The molecule has 0 unspecified atom stereocenters. The number of nitrogens with one attached hydrogen (secondary N) is 1. The van der Waals surface area contributed by atoms with Crippen LogP contribution in [0.25, 0.3) is 0 Å². The van der Waals surface area contributed by atoms with Gasteiger partial charge in [0.05, 0.1) is 12.1 Å². The van der Waals surface area contributed by atoms with Gasteiger partial charge in [-0.3, -0.25) is 0 Å². The highest BCUT2D eigenvalue weighted by Gasteiger charge is 2.12. The Morgan fingerprint density at radius 2 is 1.74 bits per heavy atom. The average molecular weight is 406 g/mol. The van der Waals surface area contributed by atoms with Crippen LogP contribution in [0.4, 0.5) is 10.1 Å². The highest BCUT2D eigenvalue weighted by atomic mass is 35.5. The standard InChI is InChI=1S/C21H18Cl2FNO2/c1-26-20-10-15(12-25-18-4-2-3-16(22)11-18)9-19(23)21(20)27-13-14-5-7-17(24)8-6-14/h2-11,25H,12-13H2,1H3. The molecule has 0 aromatic heterocycles. The predicted octanol–water partition coefficient (Wildman–Crippen LogP) is 6.33. The van der Waals surface area contributed by atoms with Crippen LogP contribution in [0.2, 0.25) is 10.0 Å². The van der Waals surface area contributed by atoms with E-state index in [1.165, 1.54) is 12.1 Å². The maximum atomic E-state index is 13.0. The van der Waals surface area contributed by atoms with Crippen molar-refractivity contribution in [2.45, 2.75) is 13.2 Å². The van der Waals surface area contributed by atoms with E-state index < -0.39 is 0 Å². The van der Waals surface area contributed by atoms with Crippen LogP contribution in [0, 0.1) is 5.82 Å². The maximum Gasteiger partial charge on any atom is 0.180 e. The first-order valence-electron chi connectivity index (χ1n) is 8.28. The summed E-state index contributed by atoms with van der Waals surface area (Å²) in [6.07, 6.45) is 0. The van der Waals surface area contributed by atoms with Gasteiger partial charge in [-0.15, -0.1) is 0 Å². The van der Waals surface area contributed by atoms with Crippen LogP contribution in [-0.4, -0.2) is 7.11 Å². The highest BCUT2D eigenvalue weighted by molar-refractivity contribution is 6.32. The Hall–Kier alpha value is -2.43. The molecule has 6 heteroatoms. The summed E-state index contributed by atoms with van der Waals surface area (Å²) >= 11 is 12.4. The van der Waals surface area contributed by atoms with Crippen molar-refractivity contribution in [2.24, 2.45) is 0 Å². The van der Waals surface area contributed by atoms with Gasteiger partial charge in [-0.2, -0.15) is 0 Å². The zero-order valence-corrected chi connectivity index (χ0v) is 16.1. The Kier molecular flexibility index (Phi) is 6.43. The topological polar surface area (TPSA) is 30.5 Å². The summed E-state index contributed by atoms with van der Waals surface area (Å²) in [4.78, 5) is 0. The number of ether oxygens (including phenoxy) is 2. The Labute approximate surface area is 167 Å². The van der Waals surface area contributed by atoms with Crippen LogP contribution < -0.4 is 14.8 Å². The van der Waals surface area contributed by atoms with Crippen LogP contribution in [0.1, 0.15) is 11.1 Å². The van der Waals surface area contributed by atoms with Crippen LogP contribution >= 0.6 is 23.2 Å². The molecule has 3 nitrogen and oxygen atoms in total. The lowest BCUT2D eigenvalue weighted by molar-refractivity contribution is 0.284. The molecule has 27 heavy (non-hydrogen) atoms. The molecule has 0 fully saturated rings. The average Bonchev–Trinajstić information content (AvgIpc) is 2.66. The van der Waals surface area contributed by atoms with Gasteiger partial charge in [0.1, 0.15) is 12.4 Å². The summed E-state index contributed by atoms with van der Waals surface area (Å²) in [6.45, 7) is 0.811. The molecule has 1 N–H and O–H groups in total. The van der Waals surface area contributed by atoms with Gasteiger partial charge in [0, 0.05) is 17.3 Å². The summed E-state index contributed by atoms with van der Waals surface area (Å²) in [5.41, 5.74) is 2.68. The van der Waals surface area contributed by atoms with E-state index in [4.69, 9.17) is 32.7 Å². The quantitative estimate of drug-likeness (QED) is 0.497. The fourth-order valence-electron chi connectivity index (χ4n) is 2.55. The number of hydrogen-bond donors (Lipinski definition) is 1. The van der Waals surface area contributed by atoms with E-state index in [9.17, 15) is 4.39 Å². The molecule has 3 aromatic carbocycles. The number of halogens is 3. The van der Waals surface area contributed by atoms with Crippen molar-refractivity contribution < 1.29 is 13.9 Å². The lowest BCUT2D eigenvalue weighted by Crippen LogP contribution is -2.02. The van der Waals surface area contributed by atoms with Crippen LogP contribution in [0.5, 0.6) is 11.5 Å². The van der Waals surface area contributed by atoms with E-state index in [1.807, 2.05) is 36.4 Å². The number of rotatable bonds is 7. The molecule has 0 heterocycles. The number of anilines is 1. The van der Waals surface area contributed by atoms with Gasteiger partial charge in [-0.1, -0.05) is 41.4 Å². The van der Waals surface area contributed by atoms with Crippen LogP contribution in [0.15, 0.2) is 60.7 Å². The monoisotopic (exact) mass is 405 g/mol. The molecule has 0 amide bonds. The molecule has 0 atom stereocenters. The molecule has 0 saturated carbocycles. The lowest BCUT2D eigenvalue weighted by atomic mass is 10.2. The van der Waals surface area contributed by atoms with Crippen LogP contribution in [-0.2, 0) is 13.2 Å². The molecule has 0 aliphatic carbocycles. The molecule has 3 aromatic rings. The van der Waals surface area contributed by atoms with E-state index in [0.29, 0.717) is 28.1 Å². The fourth-order valence-corrected chi connectivity index (χ4v) is 3.03. The van der Waals surface area contributed by atoms with Gasteiger partial charge < -0.3 is 14.8 Å². The minimum atomic E-state index is -0.286. The van der Waals surface area contributed by atoms with Crippen molar-refractivity contribution >= 4 is 28.9 Å². The largest absolute Gasteiger partial charge is 0.493 e. The fraction of sp³-hybridized carbons (Fsp3) is 0.143. The molecular formula is C21H18Cl2FNO2. The Morgan fingerprint density at radius 3 is 2.44 bits per heavy atom. The third-order valence-corrected chi connectivity index (χ3v) is 4.42. The zero-order chi connectivity index (χ0) is 19.2. The minimum Gasteiger partial charge on any atom is -0.493 e. The first-order valence-corrected chi connectivity index (χ1v) is 9.04. The summed E-state index contributed by atoms with van der Waals surface area (Å²) in [5.74, 6) is 0.702. The second-order valence-corrected chi connectivity index (χ2v) is 6.73.